The predicted octanol–water partition coefficient (Wildman–Crippen LogP) is 2.51. The lowest BCUT2D eigenvalue weighted by Crippen LogP contribution is -2.40. The topological polar surface area (TPSA) is 64.3 Å². The summed E-state index contributed by atoms with van der Waals surface area (Å²) in [6, 6.07) is 3.95. The number of nitrogens with one attached hydrogen (secondary N) is 1. The van der Waals surface area contributed by atoms with Crippen molar-refractivity contribution >= 4 is 21.8 Å². The van der Waals surface area contributed by atoms with Crippen LogP contribution in [0.25, 0.3) is 0 Å². The van der Waals surface area contributed by atoms with E-state index >= 15 is 0 Å². The van der Waals surface area contributed by atoms with Gasteiger partial charge in [0, 0.05) is 22.6 Å². The first-order chi connectivity index (χ1) is 8.85. The van der Waals surface area contributed by atoms with E-state index in [4.69, 9.17) is 10.5 Å². The Morgan fingerprint density at radius 2 is 2.05 bits per heavy atom. The Bertz CT molecular complexity index is 461. The van der Waals surface area contributed by atoms with Crippen LogP contribution in [-0.2, 0) is 11.3 Å². The van der Waals surface area contributed by atoms with Crippen molar-refractivity contribution in [2.24, 2.45) is 5.73 Å². The fraction of sp³-hybridized carbons (Fsp3) is 0.500. The molecule has 1 rings (SSSR count). The van der Waals surface area contributed by atoms with Crippen molar-refractivity contribution in [1.29, 1.82) is 0 Å². The number of hydrogen-bond donors (Lipinski definition) is 2. The molecule has 1 amide bonds. The molecule has 0 saturated heterocycles. The van der Waals surface area contributed by atoms with Crippen molar-refractivity contribution < 1.29 is 9.53 Å². The average molecular weight is 329 g/mol. The van der Waals surface area contributed by atoms with Crippen LogP contribution < -0.4 is 15.8 Å². The van der Waals surface area contributed by atoms with Crippen molar-refractivity contribution in [2.45, 2.75) is 46.4 Å². The summed E-state index contributed by atoms with van der Waals surface area (Å²) in [4.78, 5) is 11.9. The molecule has 1 aromatic carbocycles. The zero-order valence-corrected chi connectivity index (χ0v) is 13.4. The van der Waals surface area contributed by atoms with Crippen LogP contribution in [0.5, 0.6) is 5.75 Å². The minimum Gasteiger partial charge on any atom is -0.480 e. The van der Waals surface area contributed by atoms with E-state index < -0.39 is 6.10 Å². The summed E-state index contributed by atoms with van der Waals surface area (Å²) in [6.07, 6.45) is -0.549. The highest BCUT2D eigenvalue weighted by Crippen LogP contribution is 2.28. The molecule has 1 aromatic rings. The second kappa shape index (κ2) is 6.91. The molecule has 5 heteroatoms. The summed E-state index contributed by atoms with van der Waals surface area (Å²) in [5, 5.41) is 2.83. The van der Waals surface area contributed by atoms with Gasteiger partial charge in [-0.15, -0.1) is 0 Å². The molecule has 106 valence electrons. The van der Waals surface area contributed by atoms with E-state index in [1.54, 1.807) is 6.92 Å². The van der Waals surface area contributed by atoms with Gasteiger partial charge in [-0.05, 0) is 45.4 Å². The highest BCUT2D eigenvalue weighted by atomic mass is 79.9. The van der Waals surface area contributed by atoms with Gasteiger partial charge in [-0.1, -0.05) is 15.9 Å². The largest absolute Gasteiger partial charge is 0.480 e. The fourth-order valence-electron chi connectivity index (χ4n) is 1.75. The van der Waals surface area contributed by atoms with Crippen LogP contribution in [0, 0.1) is 6.92 Å². The first-order valence-corrected chi connectivity index (χ1v) is 7.10. The highest BCUT2D eigenvalue weighted by Gasteiger charge is 2.18. The molecule has 0 aromatic heterocycles. The first-order valence-electron chi connectivity index (χ1n) is 6.31. The van der Waals surface area contributed by atoms with Crippen LogP contribution >= 0.6 is 15.9 Å². The summed E-state index contributed by atoms with van der Waals surface area (Å²) >= 11 is 3.43. The minimum atomic E-state index is -0.549. The molecule has 3 N–H and O–H groups in total. The molecule has 0 aliphatic rings. The molecular formula is C14H21BrN2O2. The van der Waals surface area contributed by atoms with Crippen molar-refractivity contribution in [3.05, 3.63) is 27.7 Å². The lowest BCUT2D eigenvalue weighted by molar-refractivity contribution is -0.127. The minimum absolute atomic E-state index is 0.0959. The number of rotatable bonds is 5. The molecule has 4 nitrogen and oxygen atoms in total. The van der Waals surface area contributed by atoms with Crippen LogP contribution in [0.15, 0.2) is 16.6 Å². The summed E-state index contributed by atoms with van der Waals surface area (Å²) in [6.45, 7) is 7.88. The Balaban J connectivity index is 2.90. The predicted molar refractivity (Wildman–Crippen MR) is 80.1 cm³/mol. The molecule has 0 saturated carbocycles. The Morgan fingerprint density at radius 3 is 2.58 bits per heavy atom. The van der Waals surface area contributed by atoms with E-state index in [0.29, 0.717) is 12.3 Å². The van der Waals surface area contributed by atoms with Gasteiger partial charge in [-0.3, -0.25) is 4.79 Å². The number of benzene rings is 1. The molecule has 19 heavy (non-hydrogen) atoms. The number of halogens is 1. The lowest BCUT2D eigenvalue weighted by atomic mass is 10.1. The maximum atomic E-state index is 11.9. The number of ether oxygens (including phenoxy) is 1. The molecule has 0 aliphatic carbocycles. The maximum absolute atomic E-state index is 11.9. The van der Waals surface area contributed by atoms with E-state index in [1.807, 2.05) is 32.9 Å². The fourth-order valence-corrected chi connectivity index (χ4v) is 2.37. The van der Waals surface area contributed by atoms with E-state index in [-0.39, 0.29) is 11.9 Å². The summed E-state index contributed by atoms with van der Waals surface area (Å²) < 4.78 is 6.73. The van der Waals surface area contributed by atoms with Gasteiger partial charge in [0.05, 0.1) is 0 Å². The Kier molecular flexibility index (Phi) is 5.82. The SMILES string of the molecule is Cc1cc(Br)cc(CN)c1OC(C)C(=O)NC(C)C. The zero-order valence-electron chi connectivity index (χ0n) is 11.8. The molecule has 0 heterocycles. The second-order valence-corrected chi connectivity index (χ2v) is 5.75. The molecule has 1 atom stereocenters. The molecule has 0 fully saturated rings. The van der Waals surface area contributed by atoms with E-state index in [0.717, 1.165) is 15.6 Å². The lowest BCUT2D eigenvalue weighted by Gasteiger charge is -2.20. The number of carbonyl (C=O) groups is 1. The highest BCUT2D eigenvalue weighted by molar-refractivity contribution is 9.10. The molecule has 1 unspecified atom stereocenters. The van der Waals surface area contributed by atoms with Crippen molar-refractivity contribution in [3.63, 3.8) is 0 Å². The number of carbonyl (C=O) groups excluding carboxylic acids is 1. The van der Waals surface area contributed by atoms with Gasteiger partial charge in [0.25, 0.3) is 5.91 Å². The van der Waals surface area contributed by atoms with Gasteiger partial charge < -0.3 is 15.8 Å². The van der Waals surface area contributed by atoms with Gasteiger partial charge >= 0.3 is 0 Å². The van der Waals surface area contributed by atoms with Gasteiger partial charge in [0.2, 0.25) is 0 Å². The summed E-state index contributed by atoms with van der Waals surface area (Å²) in [5.74, 6) is 0.567. The third-order valence-electron chi connectivity index (χ3n) is 2.63. The maximum Gasteiger partial charge on any atom is 0.260 e. The summed E-state index contributed by atoms with van der Waals surface area (Å²) in [5.41, 5.74) is 7.56. The third kappa shape index (κ3) is 4.51. The third-order valence-corrected chi connectivity index (χ3v) is 3.09. The van der Waals surface area contributed by atoms with Crippen molar-refractivity contribution in [1.82, 2.24) is 5.32 Å². The zero-order chi connectivity index (χ0) is 14.6. The normalized spacial score (nSPS) is 12.4. The number of aryl methyl sites for hydroxylation is 1. The molecule has 0 aliphatic heterocycles. The first kappa shape index (κ1) is 16.0. The Hall–Kier alpha value is -1.07. The van der Waals surface area contributed by atoms with Gasteiger partial charge in [0.1, 0.15) is 5.75 Å². The number of amides is 1. The molecule has 0 bridgehead atoms. The summed E-state index contributed by atoms with van der Waals surface area (Å²) in [7, 11) is 0. The van der Waals surface area contributed by atoms with Gasteiger partial charge in [-0.2, -0.15) is 0 Å². The smallest absolute Gasteiger partial charge is 0.260 e. The Labute approximate surface area is 122 Å². The van der Waals surface area contributed by atoms with Crippen LogP contribution in [-0.4, -0.2) is 18.1 Å². The number of hydrogen-bond acceptors (Lipinski definition) is 3. The average Bonchev–Trinajstić information content (AvgIpc) is 2.30. The van der Waals surface area contributed by atoms with Crippen LogP contribution in [0.1, 0.15) is 31.9 Å². The van der Waals surface area contributed by atoms with E-state index in [2.05, 4.69) is 21.2 Å². The quantitative estimate of drug-likeness (QED) is 0.872. The monoisotopic (exact) mass is 328 g/mol. The standard InChI is InChI=1S/C14H21BrN2O2/c1-8(2)17-14(18)10(4)19-13-9(3)5-12(15)6-11(13)7-16/h5-6,8,10H,7,16H2,1-4H3,(H,17,18). The Morgan fingerprint density at radius 1 is 1.42 bits per heavy atom. The van der Waals surface area contributed by atoms with Crippen LogP contribution in [0.4, 0.5) is 0 Å². The van der Waals surface area contributed by atoms with Crippen molar-refractivity contribution in [2.75, 3.05) is 0 Å². The van der Waals surface area contributed by atoms with Crippen LogP contribution in [0.3, 0.4) is 0 Å². The number of nitrogens with two attached hydrogens (primary N) is 1. The molecular weight excluding hydrogens is 308 g/mol. The van der Waals surface area contributed by atoms with E-state index in [1.165, 1.54) is 0 Å². The second-order valence-electron chi connectivity index (χ2n) is 4.84. The van der Waals surface area contributed by atoms with Crippen LogP contribution in [0.2, 0.25) is 0 Å². The van der Waals surface area contributed by atoms with Crippen molar-refractivity contribution in [3.8, 4) is 5.75 Å². The molecule has 0 spiro atoms. The van der Waals surface area contributed by atoms with Gasteiger partial charge in [0.15, 0.2) is 6.10 Å². The van der Waals surface area contributed by atoms with E-state index in [9.17, 15) is 4.79 Å². The van der Waals surface area contributed by atoms with Gasteiger partial charge in [-0.25, -0.2) is 0 Å². The molecule has 0 radical (unpaired) electrons.